The Labute approximate surface area is 156 Å². The van der Waals surface area contributed by atoms with Crippen LogP contribution in [0.5, 0.6) is 0 Å². The number of anilines is 1. The van der Waals surface area contributed by atoms with Gasteiger partial charge in [-0.3, -0.25) is 4.79 Å². The summed E-state index contributed by atoms with van der Waals surface area (Å²) in [6, 6.07) is 10.6. The number of hydrogen-bond donors (Lipinski definition) is 1. The summed E-state index contributed by atoms with van der Waals surface area (Å²) < 4.78 is 52.8. The van der Waals surface area contributed by atoms with Crippen LogP contribution in [0.15, 0.2) is 47.5 Å². The molecular weight excluding hydrogens is 382 g/mol. The van der Waals surface area contributed by atoms with Crippen molar-refractivity contribution in [1.82, 2.24) is 9.97 Å². The molecule has 1 heterocycles. The average Bonchev–Trinajstić information content (AvgIpc) is 2.61. The molecule has 0 spiro atoms. The van der Waals surface area contributed by atoms with Gasteiger partial charge in [0.05, 0.1) is 17.0 Å². The predicted octanol–water partition coefficient (Wildman–Crippen LogP) is 4.83. The van der Waals surface area contributed by atoms with Crippen molar-refractivity contribution in [2.45, 2.75) is 18.1 Å². The predicted molar refractivity (Wildman–Crippen MR) is 95.0 cm³/mol. The number of aromatic nitrogens is 2. The van der Waals surface area contributed by atoms with E-state index < -0.39 is 23.7 Å². The second-order valence-electron chi connectivity index (χ2n) is 5.69. The lowest BCUT2D eigenvalue weighted by Crippen LogP contribution is -2.16. The second-order valence-corrected chi connectivity index (χ2v) is 6.65. The van der Waals surface area contributed by atoms with Crippen LogP contribution in [0.4, 0.5) is 23.2 Å². The molecule has 0 aliphatic carbocycles. The number of halogens is 4. The summed E-state index contributed by atoms with van der Waals surface area (Å²) in [5, 5.41) is 2.84. The van der Waals surface area contributed by atoms with Gasteiger partial charge in [0.15, 0.2) is 0 Å². The number of nitrogens with one attached hydrogen (secondary N) is 1. The fraction of sp³-hybridized carbons (Fsp3) is 0.167. The fourth-order valence-electron chi connectivity index (χ4n) is 2.33. The zero-order valence-corrected chi connectivity index (χ0v) is 14.8. The molecule has 140 valence electrons. The molecule has 0 radical (unpaired) electrons. The first-order chi connectivity index (χ1) is 12.7. The number of carbonyl (C=O) groups excluding carboxylic acids is 1. The summed E-state index contributed by atoms with van der Waals surface area (Å²) >= 11 is 0.831. The minimum Gasteiger partial charge on any atom is -0.323 e. The molecule has 1 N–H and O–H groups in total. The smallest absolute Gasteiger partial charge is 0.323 e. The molecule has 0 atom stereocenters. The molecule has 9 heteroatoms. The molecule has 27 heavy (non-hydrogen) atoms. The number of para-hydroxylation sites is 1. The normalized spacial score (nSPS) is 11.6. The molecule has 0 unspecified atom stereocenters. The van der Waals surface area contributed by atoms with Gasteiger partial charge < -0.3 is 5.32 Å². The van der Waals surface area contributed by atoms with E-state index >= 15 is 0 Å². The van der Waals surface area contributed by atoms with Crippen molar-refractivity contribution in [3.8, 4) is 0 Å². The number of alkyl halides is 3. The topological polar surface area (TPSA) is 54.9 Å². The van der Waals surface area contributed by atoms with Crippen LogP contribution in [0.1, 0.15) is 11.4 Å². The van der Waals surface area contributed by atoms with Gasteiger partial charge in [-0.2, -0.15) is 13.2 Å². The zero-order chi connectivity index (χ0) is 19.6. The van der Waals surface area contributed by atoms with Crippen LogP contribution < -0.4 is 5.32 Å². The van der Waals surface area contributed by atoms with E-state index in [4.69, 9.17) is 0 Å². The minimum atomic E-state index is -4.70. The van der Waals surface area contributed by atoms with E-state index in [1.54, 1.807) is 31.2 Å². The van der Waals surface area contributed by atoms with Crippen molar-refractivity contribution < 1.29 is 22.4 Å². The largest absolute Gasteiger partial charge is 0.451 e. The van der Waals surface area contributed by atoms with Crippen molar-refractivity contribution in [1.29, 1.82) is 0 Å². The average molecular weight is 395 g/mol. The Balaban J connectivity index is 1.80. The Morgan fingerprint density at radius 3 is 2.59 bits per heavy atom. The number of benzene rings is 2. The van der Waals surface area contributed by atoms with Gasteiger partial charge in [0.2, 0.25) is 11.7 Å². The molecule has 0 fully saturated rings. The van der Waals surface area contributed by atoms with Gasteiger partial charge in [-0.05, 0) is 30.7 Å². The Morgan fingerprint density at radius 1 is 1.15 bits per heavy atom. The van der Waals surface area contributed by atoms with Crippen LogP contribution >= 0.6 is 11.8 Å². The first-order valence-corrected chi connectivity index (χ1v) is 8.75. The van der Waals surface area contributed by atoms with E-state index in [2.05, 4.69) is 15.3 Å². The highest BCUT2D eigenvalue weighted by molar-refractivity contribution is 8.00. The van der Waals surface area contributed by atoms with E-state index in [1.807, 2.05) is 0 Å². The third kappa shape index (κ3) is 4.54. The lowest BCUT2D eigenvalue weighted by molar-refractivity contribution is -0.145. The zero-order valence-electron chi connectivity index (χ0n) is 14.0. The third-order valence-electron chi connectivity index (χ3n) is 3.56. The molecular formula is C18H13F4N3OS. The Hall–Kier alpha value is -2.68. The molecule has 0 aliphatic rings. The van der Waals surface area contributed by atoms with Crippen LogP contribution in [-0.2, 0) is 11.0 Å². The van der Waals surface area contributed by atoms with Crippen molar-refractivity contribution in [3.05, 3.63) is 59.7 Å². The summed E-state index contributed by atoms with van der Waals surface area (Å²) in [5.41, 5.74) is 0.842. The van der Waals surface area contributed by atoms with Crippen molar-refractivity contribution >= 4 is 34.3 Å². The Morgan fingerprint density at radius 2 is 1.89 bits per heavy atom. The van der Waals surface area contributed by atoms with Gasteiger partial charge in [-0.15, -0.1) is 0 Å². The van der Waals surface area contributed by atoms with Crippen LogP contribution in [0.3, 0.4) is 0 Å². The number of carbonyl (C=O) groups is 1. The van der Waals surface area contributed by atoms with Gasteiger partial charge in [0, 0.05) is 5.39 Å². The summed E-state index contributed by atoms with van der Waals surface area (Å²) in [7, 11) is 0. The first-order valence-electron chi connectivity index (χ1n) is 7.77. The molecule has 2 aromatic carbocycles. The van der Waals surface area contributed by atoms with Crippen LogP contribution in [0.2, 0.25) is 0 Å². The van der Waals surface area contributed by atoms with Crippen molar-refractivity contribution in [2.24, 2.45) is 0 Å². The van der Waals surface area contributed by atoms with Gasteiger partial charge in [0.1, 0.15) is 10.8 Å². The summed E-state index contributed by atoms with van der Waals surface area (Å²) in [4.78, 5) is 19.2. The van der Waals surface area contributed by atoms with Gasteiger partial charge in [0.25, 0.3) is 0 Å². The molecule has 0 aliphatic heterocycles. The minimum absolute atomic E-state index is 0.00901. The molecule has 0 saturated carbocycles. The lowest BCUT2D eigenvalue weighted by atomic mass is 10.2. The summed E-state index contributed by atoms with van der Waals surface area (Å²) in [6.07, 6.45) is -4.70. The maximum atomic E-state index is 13.8. The highest BCUT2D eigenvalue weighted by atomic mass is 32.2. The monoisotopic (exact) mass is 395 g/mol. The van der Waals surface area contributed by atoms with E-state index in [0.29, 0.717) is 10.9 Å². The van der Waals surface area contributed by atoms with Crippen LogP contribution in [-0.4, -0.2) is 21.6 Å². The van der Waals surface area contributed by atoms with Crippen LogP contribution in [0.25, 0.3) is 10.9 Å². The van der Waals surface area contributed by atoms with Crippen molar-refractivity contribution in [2.75, 3.05) is 11.1 Å². The van der Waals surface area contributed by atoms with Gasteiger partial charge in [-0.25, -0.2) is 14.4 Å². The maximum absolute atomic E-state index is 13.8. The highest BCUT2D eigenvalue weighted by Crippen LogP contribution is 2.32. The van der Waals surface area contributed by atoms with Crippen LogP contribution in [0, 0.1) is 12.7 Å². The maximum Gasteiger partial charge on any atom is 0.451 e. The Kier molecular flexibility index (Phi) is 5.31. The standard InChI is InChI=1S/C18H13F4N3OS/c1-10-6-7-14(12(19)8-10)23-15(26)9-27-16-11-4-2-3-5-13(11)24-17(25-16)18(20,21)22/h2-8H,9H2,1H3,(H,23,26). The van der Waals surface area contributed by atoms with E-state index in [1.165, 1.54) is 18.2 Å². The van der Waals surface area contributed by atoms with E-state index in [9.17, 15) is 22.4 Å². The fourth-order valence-corrected chi connectivity index (χ4v) is 3.15. The summed E-state index contributed by atoms with van der Waals surface area (Å²) in [5.74, 6) is -2.64. The lowest BCUT2D eigenvalue weighted by Gasteiger charge is -2.11. The molecule has 0 bridgehead atoms. The number of nitrogens with zero attached hydrogens (tertiary/aromatic N) is 2. The second kappa shape index (κ2) is 7.51. The number of hydrogen-bond acceptors (Lipinski definition) is 4. The number of fused-ring (bicyclic) bond motifs is 1. The first kappa shape index (κ1) is 19.1. The SMILES string of the molecule is Cc1ccc(NC(=O)CSc2nc(C(F)(F)F)nc3ccccc23)c(F)c1. The molecule has 1 aromatic heterocycles. The molecule has 0 saturated heterocycles. The van der Waals surface area contributed by atoms with E-state index in [0.717, 1.165) is 11.8 Å². The quantitative estimate of drug-likeness (QED) is 0.391. The molecule has 3 aromatic rings. The summed E-state index contributed by atoms with van der Waals surface area (Å²) in [6.45, 7) is 1.71. The van der Waals surface area contributed by atoms with Gasteiger partial charge >= 0.3 is 6.18 Å². The Bertz CT molecular complexity index is 1010. The number of rotatable bonds is 4. The number of thioether (sulfide) groups is 1. The molecule has 3 rings (SSSR count). The van der Waals surface area contributed by atoms with Crippen molar-refractivity contribution in [3.63, 3.8) is 0 Å². The molecule has 4 nitrogen and oxygen atoms in total. The van der Waals surface area contributed by atoms with E-state index in [-0.39, 0.29) is 22.0 Å². The molecule has 1 amide bonds. The van der Waals surface area contributed by atoms with Gasteiger partial charge in [-0.1, -0.05) is 36.0 Å². The third-order valence-corrected chi connectivity index (χ3v) is 4.55. The number of amides is 1. The number of aryl methyl sites for hydroxylation is 1. The highest BCUT2D eigenvalue weighted by Gasteiger charge is 2.35.